The van der Waals surface area contributed by atoms with E-state index in [-0.39, 0.29) is 47.1 Å². The first kappa shape index (κ1) is 24.9. The molecule has 1 aromatic heterocycles. The fourth-order valence-electron chi connectivity index (χ4n) is 3.49. The Hall–Kier alpha value is -4.24. The largest absolute Gasteiger partial charge is 0.467 e. The van der Waals surface area contributed by atoms with Crippen molar-refractivity contribution in [3.63, 3.8) is 0 Å². The van der Waals surface area contributed by atoms with Crippen molar-refractivity contribution < 1.29 is 31.0 Å². The molecule has 9 heteroatoms. The summed E-state index contributed by atoms with van der Waals surface area (Å²) in [6, 6.07) is 22.2. The second-order valence-corrected chi connectivity index (χ2v) is 9.41. The van der Waals surface area contributed by atoms with Gasteiger partial charge in [0.25, 0.3) is 5.91 Å². The van der Waals surface area contributed by atoms with Gasteiger partial charge in [0.2, 0.25) is 0 Å². The molecule has 0 spiro atoms. The molecule has 0 aliphatic carbocycles. The summed E-state index contributed by atoms with van der Waals surface area (Å²) in [5.41, 5.74) is 0.437. The maximum absolute atomic E-state index is 13.6. The zero-order chi connectivity index (χ0) is 25.5. The number of hydrogen-bond acceptors (Lipinski definition) is 6. The van der Waals surface area contributed by atoms with Gasteiger partial charge in [0.1, 0.15) is 22.2 Å². The predicted molar refractivity (Wildman–Crippen MR) is 129 cm³/mol. The lowest BCUT2D eigenvalue weighted by Crippen LogP contribution is -2.32. The lowest BCUT2D eigenvalue weighted by Gasteiger charge is -2.21. The number of carbonyl (C=O) groups excluding carboxylic acids is 2. The van der Waals surface area contributed by atoms with E-state index in [1.54, 1.807) is 30.3 Å². The van der Waals surface area contributed by atoms with Crippen LogP contribution in [0.4, 0.5) is 4.39 Å². The maximum atomic E-state index is 13.6. The van der Waals surface area contributed by atoms with Gasteiger partial charge in [0, 0.05) is 24.1 Å². The number of amides is 1. The smallest absolute Gasteiger partial charge is 0.339 e. The number of carbonyl (C=O) groups is 2. The van der Waals surface area contributed by atoms with Gasteiger partial charge in [0.15, 0.2) is 5.78 Å². The number of halogens is 1. The molecule has 0 bridgehead atoms. The van der Waals surface area contributed by atoms with Crippen LogP contribution in [-0.4, -0.2) is 31.6 Å². The molecule has 7 nitrogen and oxygen atoms in total. The number of benzene rings is 3. The molecular weight excluding hydrogens is 485 g/mol. The van der Waals surface area contributed by atoms with E-state index in [4.69, 9.17) is 8.60 Å². The third-order valence-electron chi connectivity index (χ3n) is 5.31. The van der Waals surface area contributed by atoms with Gasteiger partial charge in [-0.3, -0.25) is 9.59 Å². The van der Waals surface area contributed by atoms with Gasteiger partial charge in [-0.2, -0.15) is 8.42 Å². The van der Waals surface area contributed by atoms with Crippen LogP contribution < -0.4 is 4.18 Å². The molecule has 0 fully saturated rings. The molecule has 4 rings (SSSR count). The van der Waals surface area contributed by atoms with E-state index in [1.807, 2.05) is 0 Å². The first-order valence-electron chi connectivity index (χ1n) is 11.0. The molecule has 0 unspecified atom stereocenters. The molecule has 0 radical (unpaired) electrons. The van der Waals surface area contributed by atoms with Gasteiger partial charge in [0.05, 0.1) is 12.8 Å². The Morgan fingerprint density at radius 3 is 2.28 bits per heavy atom. The molecule has 0 aliphatic heterocycles. The van der Waals surface area contributed by atoms with Crippen LogP contribution in [0.25, 0.3) is 0 Å². The van der Waals surface area contributed by atoms with Crippen molar-refractivity contribution in [2.24, 2.45) is 0 Å². The minimum Gasteiger partial charge on any atom is -0.467 e. The van der Waals surface area contributed by atoms with E-state index in [9.17, 15) is 22.4 Å². The van der Waals surface area contributed by atoms with Crippen molar-refractivity contribution in [3.05, 3.63) is 120 Å². The fraction of sp³-hybridized carbons (Fsp3) is 0.111. The fourth-order valence-corrected chi connectivity index (χ4v) is 4.42. The summed E-state index contributed by atoms with van der Waals surface area (Å²) in [7, 11) is -4.06. The zero-order valence-corrected chi connectivity index (χ0v) is 19.9. The van der Waals surface area contributed by atoms with Gasteiger partial charge in [-0.1, -0.05) is 24.3 Å². The molecule has 184 valence electrons. The quantitative estimate of drug-likeness (QED) is 0.219. The van der Waals surface area contributed by atoms with Crippen molar-refractivity contribution in [1.82, 2.24) is 4.90 Å². The maximum Gasteiger partial charge on any atom is 0.339 e. The molecule has 0 aliphatic rings. The van der Waals surface area contributed by atoms with E-state index < -0.39 is 21.8 Å². The predicted octanol–water partition coefficient (Wildman–Crippen LogP) is 5.10. The van der Waals surface area contributed by atoms with Crippen LogP contribution in [0.15, 0.2) is 107 Å². The number of hydrogen-bond donors (Lipinski definition) is 0. The lowest BCUT2D eigenvalue weighted by molar-refractivity contribution is 0.0720. The highest BCUT2D eigenvalue weighted by atomic mass is 32.2. The van der Waals surface area contributed by atoms with Crippen LogP contribution in [0.2, 0.25) is 0 Å². The van der Waals surface area contributed by atoms with E-state index >= 15 is 0 Å². The van der Waals surface area contributed by atoms with Gasteiger partial charge in [-0.25, -0.2) is 4.39 Å². The van der Waals surface area contributed by atoms with Gasteiger partial charge < -0.3 is 13.5 Å². The van der Waals surface area contributed by atoms with Crippen LogP contribution in [0, 0.1) is 5.82 Å². The third-order valence-corrected chi connectivity index (χ3v) is 6.57. The van der Waals surface area contributed by atoms with Crippen LogP contribution in [0.3, 0.4) is 0 Å². The zero-order valence-electron chi connectivity index (χ0n) is 19.0. The number of Topliss-reactive ketones (excluding diaryl/α,β-unsaturated/α-hetero) is 1. The van der Waals surface area contributed by atoms with Crippen molar-refractivity contribution in [2.75, 3.05) is 6.54 Å². The topological polar surface area (TPSA) is 93.9 Å². The summed E-state index contributed by atoms with van der Waals surface area (Å²) in [4.78, 5) is 27.1. The van der Waals surface area contributed by atoms with Crippen LogP contribution in [-0.2, 0) is 16.7 Å². The van der Waals surface area contributed by atoms with E-state index in [0.717, 1.165) is 6.07 Å². The summed E-state index contributed by atoms with van der Waals surface area (Å²) in [6.07, 6.45) is 1.44. The van der Waals surface area contributed by atoms with Crippen molar-refractivity contribution >= 4 is 21.8 Å². The number of nitrogens with zero attached hydrogens (tertiary/aromatic N) is 1. The molecule has 3 aromatic carbocycles. The summed E-state index contributed by atoms with van der Waals surface area (Å²) in [5.74, 6) is -0.587. The monoisotopic (exact) mass is 507 g/mol. The summed E-state index contributed by atoms with van der Waals surface area (Å²) in [5, 5.41) is 0. The minimum absolute atomic E-state index is 0.0334. The molecule has 0 N–H and O–H groups in total. The van der Waals surface area contributed by atoms with Gasteiger partial charge in [-0.05, 0) is 66.7 Å². The van der Waals surface area contributed by atoms with E-state index in [1.165, 1.54) is 65.8 Å². The third kappa shape index (κ3) is 6.25. The van der Waals surface area contributed by atoms with Gasteiger partial charge >= 0.3 is 10.1 Å². The van der Waals surface area contributed by atoms with Crippen molar-refractivity contribution in [2.45, 2.75) is 17.9 Å². The molecule has 0 saturated carbocycles. The van der Waals surface area contributed by atoms with Crippen LogP contribution >= 0.6 is 0 Å². The normalized spacial score (nSPS) is 11.1. The highest BCUT2D eigenvalue weighted by molar-refractivity contribution is 7.87. The van der Waals surface area contributed by atoms with Crippen LogP contribution in [0.1, 0.15) is 32.9 Å². The highest BCUT2D eigenvalue weighted by Crippen LogP contribution is 2.19. The van der Waals surface area contributed by atoms with Crippen molar-refractivity contribution in [3.8, 4) is 5.75 Å². The summed E-state index contributed by atoms with van der Waals surface area (Å²) in [6.45, 7) is 0.148. The number of ketones is 1. The molecule has 0 saturated heterocycles. The lowest BCUT2D eigenvalue weighted by atomic mass is 10.1. The van der Waals surface area contributed by atoms with Gasteiger partial charge in [-0.15, -0.1) is 0 Å². The Morgan fingerprint density at radius 2 is 1.61 bits per heavy atom. The second-order valence-electron chi connectivity index (χ2n) is 7.86. The van der Waals surface area contributed by atoms with E-state index in [0.29, 0.717) is 5.76 Å². The molecule has 36 heavy (non-hydrogen) atoms. The summed E-state index contributed by atoms with van der Waals surface area (Å²) >= 11 is 0. The first-order valence-corrected chi connectivity index (χ1v) is 12.4. The Labute approximate surface area is 207 Å². The minimum atomic E-state index is -4.06. The standard InChI is InChI=1S/C27H22FNO6S/c28-22-7-4-6-21(18-22)27(31)29(19-24-10-5-17-34-24)16-15-26(30)20-11-13-25(14-12-20)36(32,33)35-23-8-2-1-3-9-23/h1-14,17-18H,15-16,19H2. The summed E-state index contributed by atoms with van der Waals surface area (Å²) < 4.78 is 49.1. The second kappa shape index (κ2) is 11.0. The van der Waals surface area contributed by atoms with Crippen molar-refractivity contribution in [1.29, 1.82) is 0 Å². The molecular formula is C27H22FNO6S. The van der Waals surface area contributed by atoms with E-state index in [2.05, 4.69) is 0 Å². The Bertz CT molecular complexity index is 1440. The highest BCUT2D eigenvalue weighted by Gasteiger charge is 2.21. The number of furan rings is 1. The average Bonchev–Trinajstić information content (AvgIpc) is 3.39. The molecule has 0 atom stereocenters. The Kier molecular flexibility index (Phi) is 7.60. The van der Waals surface area contributed by atoms with Crippen LogP contribution in [0.5, 0.6) is 5.75 Å². The molecule has 1 amide bonds. The molecule has 1 heterocycles. The Balaban J connectivity index is 1.44. The molecule has 4 aromatic rings. The first-order chi connectivity index (χ1) is 17.3. The Morgan fingerprint density at radius 1 is 0.861 bits per heavy atom. The average molecular weight is 508 g/mol. The SMILES string of the molecule is O=C(CCN(Cc1ccco1)C(=O)c1cccc(F)c1)c1ccc(S(=O)(=O)Oc2ccccc2)cc1. The number of rotatable bonds is 10. The number of para-hydroxylation sites is 1.